The molecule has 0 radical (unpaired) electrons. The number of pyridine rings is 1. The molecule has 2 aromatic heterocycles. The van der Waals surface area contributed by atoms with Gasteiger partial charge in [-0.05, 0) is 62.4 Å². The largest absolute Gasteiger partial charge is 0.296 e. The topological polar surface area (TPSA) is 34.0 Å². The molecule has 2 aromatic rings. The van der Waals surface area contributed by atoms with Crippen LogP contribution in [0, 0.1) is 5.92 Å². The van der Waals surface area contributed by atoms with Gasteiger partial charge in [0.25, 0.3) is 0 Å². The zero-order chi connectivity index (χ0) is 14.2. The van der Waals surface area contributed by atoms with Crippen LogP contribution in [-0.4, -0.2) is 44.5 Å². The van der Waals surface area contributed by atoms with E-state index in [1.807, 2.05) is 12.3 Å². The first-order chi connectivity index (χ1) is 10.3. The maximum absolute atomic E-state index is 4.92. The lowest BCUT2D eigenvalue weighted by Gasteiger charge is -2.24. The number of likely N-dealkylation sites (tertiary alicyclic amines) is 1. The van der Waals surface area contributed by atoms with Crippen molar-refractivity contribution in [3.05, 3.63) is 24.2 Å². The average molecular weight is 302 g/mol. The molecule has 2 unspecified atom stereocenters. The van der Waals surface area contributed by atoms with E-state index in [-0.39, 0.29) is 0 Å². The molecule has 2 atom stereocenters. The van der Waals surface area contributed by atoms with Crippen LogP contribution in [0.4, 0.5) is 0 Å². The van der Waals surface area contributed by atoms with Gasteiger partial charge in [0, 0.05) is 12.6 Å². The van der Waals surface area contributed by atoms with Crippen molar-refractivity contribution in [1.82, 2.24) is 19.4 Å². The number of nitrogens with zero attached hydrogens (tertiary/aromatic N) is 4. The Kier molecular flexibility index (Phi) is 3.63. The fourth-order valence-electron chi connectivity index (χ4n) is 3.66. The Morgan fingerprint density at radius 3 is 3.10 bits per heavy atom. The number of imidazole rings is 1. The Hall–Kier alpha value is -1.07. The third-order valence-electron chi connectivity index (χ3n) is 4.80. The highest BCUT2D eigenvalue weighted by Gasteiger charge is 2.28. The van der Waals surface area contributed by atoms with Gasteiger partial charge in [0.1, 0.15) is 11.3 Å². The van der Waals surface area contributed by atoms with Crippen molar-refractivity contribution in [3.8, 4) is 0 Å². The van der Waals surface area contributed by atoms with E-state index in [2.05, 4.69) is 39.3 Å². The average Bonchev–Trinajstić information content (AvgIpc) is 3.19. The third kappa shape index (κ3) is 2.46. The molecule has 0 spiro atoms. The molecule has 112 valence electrons. The van der Waals surface area contributed by atoms with Crippen LogP contribution in [0.25, 0.3) is 11.2 Å². The van der Waals surface area contributed by atoms with E-state index in [9.17, 15) is 0 Å². The Labute approximate surface area is 129 Å². The second kappa shape index (κ2) is 5.61. The van der Waals surface area contributed by atoms with Crippen molar-refractivity contribution < 1.29 is 0 Å². The Morgan fingerprint density at radius 2 is 2.33 bits per heavy atom. The molecule has 4 heterocycles. The maximum atomic E-state index is 4.92. The van der Waals surface area contributed by atoms with Crippen LogP contribution in [-0.2, 0) is 6.42 Å². The summed E-state index contributed by atoms with van der Waals surface area (Å²) in [6.07, 6.45) is 7.26. The number of hydrogen-bond acceptors (Lipinski definition) is 4. The van der Waals surface area contributed by atoms with Gasteiger partial charge in [-0.2, -0.15) is 11.8 Å². The molecule has 0 saturated carbocycles. The lowest BCUT2D eigenvalue weighted by atomic mass is 10.0. The monoisotopic (exact) mass is 302 g/mol. The van der Waals surface area contributed by atoms with E-state index in [4.69, 9.17) is 4.98 Å². The van der Waals surface area contributed by atoms with Crippen molar-refractivity contribution in [1.29, 1.82) is 0 Å². The van der Waals surface area contributed by atoms with Crippen LogP contribution in [0.2, 0.25) is 0 Å². The van der Waals surface area contributed by atoms with Crippen LogP contribution < -0.4 is 0 Å². The van der Waals surface area contributed by atoms with Crippen molar-refractivity contribution >= 4 is 22.9 Å². The van der Waals surface area contributed by atoms with Gasteiger partial charge in [0.05, 0.1) is 6.17 Å². The van der Waals surface area contributed by atoms with Gasteiger partial charge in [-0.1, -0.05) is 0 Å². The van der Waals surface area contributed by atoms with E-state index < -0.39 is 0 Å². The second-order valence-electron chi connectivity index (χ2n) is 6.28. The number of rotatable bonds is 3. The van der Waals surface area contributed by atoms with Gasteiger partial charge >= 0.3 is 0 Å². The van der Waals surface area contributed by atoms with Crippen LogP contribution >= 0.6 is 11.8 Å². The third-order valence-corrected chi connectivity index (χ3v) is 6.03. The SMILES string of the molecule is CN1CCCC1n1c(CC2CCSC2)nc2cccnc21. The standard InChI is InChI=1S/C16H22N4S/c1-19-8-3-5-15(19)20-14(10-12-6-9-21-11-12)18-13-4-2-7-17-16(13)20/h2,4,7,12,15H,3,5-6,8-11H2,1H3. The number of fused-ring (bicyclic) bond motifs is 1. The van der Waals surface area contributed by atoms with E-state index in [1.165, 1.54) is 43.1 Å². The van der Waals surface area contributed by atoms with E-state index in [0.717, 1.165) is 23.5 Å². The van der Waals surface area contributed by atoms with Crippen molar-refractivity contribution in [2.45, 2.75) is 31.8 Å². The van der Waals surface area contributed by atoms with Gasteiger partial charge in [-0.25, -0.2) is 9.97 Å². The zero-order valence-electron chi connectivity index (χ0n) is 12.5. The van der Waals surface area contributed by atoms with Crippen molar-refractivity contribution in [2.75, 3.05) is 25.1 Å². The van der Waals surface area contributed by atoms with Gasteiger partial charge in [-0.3, -0.25) is 9.47 Å². The molecule has 0 aromatic carbocycles. The fraction of sp³-hybridized carbons (Fsp3) is 0.625. The summed E-state index contributed by atoms with van der Waals surface area (Å²) in [6, 6.07) is 4.09. The van der Waals surface area contributed by atoms with Crippen LogP contribution in [0.15, 0.2) is 18.3 Å². The van der Waals surface area contributed by atoms with E-state index in [1.54, 1.807) is 0 Å². The van der Waals surface area contributed by atoms with E-state index in [0.29, 0.717) is 6.17 Å². The van der Waals surface area contributed by atoms with Crippen molar-refractivity contribution in [2.24, 2.45) is 5.92 Å². The predicted molar refractivity (Wildman–Crippen MR) is 87.6 cm³/mol. The quantitative estimate of drug-likeness (QED) is 0.873. The molecular weight excluding hydrogens is 280 g/mol. The smallest absolute Gasteiger partial charge is 0.161 e. The first kappa shape index (κ1) is 13.6. The number of hydrogen-bond donors (Lipinski definition) is 0. The normalized spacial score (nSPS) is 26.9. The Morgan fingerprint density at radius 1 is 1.38 bits per heavy atom. The minimum atomic E-state index is 0.439. The van der Waals surface area contributed by atoms with Crippen LogP contribution in [0.3, 0.4) is 0 Å². The molecule has 2 aliphatic heterocycles. The summed E-state index contributed by atoms with van der Waals surface area (Å²) in [4.78, 5) is 12.0. The van der Waals surface area contributed by atoms with Crippen LogP contribution in [0.5, 0.6) is 0 Å². The highest BCUT2D eigenvalue weighted by atomic mass is 32.2. The summed E-state index contributed by atoms with van der Waals surface area (Å²) in [6.45, 7) is 1.18. The molecule has 2 saturated heterocycles. The molecule has 2 fully saturated rings. The lowest BCUT2D eigenvalue weighted by Crippen LogP contribution is -2.25. The summed E-state index contributed by atoms with van der Waals surface area (Å²) in [7, 11) is 2.22. The lowest BCUT2D eigenvalue weighted by molar-refractivity contribution is 0.236. The minimum absolute atomic E-state index is 0.439. The van der Waals surface area contributed by atoms with Gasteiger partial charge in [0.15, 0.2) is 5.65 Å². The molecule has 0 N–H and O–H groups in total. The zero-order valence-corrected chi connectivity index (χ0v) is 13.4. The molecule has 4 rings (SSSR count). The van der Waals surface area contributed by atoms with Gasteiger partial charge in [-0.15, -0.1) is 0 Å². The maximum Gasteiger partial charge on any atom is 0.161 e. The summed E-state index contributed by atoms with van der Waals surface area (Å²) < 4.78 is 2.42. The molecule has 21 heavy (non-hydrogen) atoms. The molecule has 4 nitrogen and oxygen atoms in total. The second-order valence-corrected chi connectivity index (χ2v) is 7.43. The number of aromatic nitrogens is 3. The fourth-order valence-corrected chi connectivity index (χ4v) is 4.94. The summed E-state index contributed by atoms with van der Waals surface area (Å²) in [5.41, 5.74) is 2.12. The Balaban J connectivity index is 1.76. The first-order valence-corrected chi connectivity index (χ1v) is 9.08. The molecular formula is C16H22N4S. The van der Waals surface area contributed by atoms with Crippen molar-refractivity contribution in [3.63, 3.8) is 0 Å². The first-order valence-electron chi connectivity index (χ1n) is 7.93. The molecule has 0 amide bonds. The summed E-state index contributed by atoms with van der Waals surface area (Å²) in [5, 5.41) is 0. The van der Waals surface area contributed by atoms with E-state index >= 15 is 0 Å². The summed E-state index contributed by atoms with van der Waals surface area (Å²) >= 11 is 2.08. The minimum Gasteiger partial charge on any atom is -0.296 e. The molecule has 5 heteroatoms. The van der Waals surface area contributed by atoms with Gasteiger partial charge in [0.2, 0.25) is 0 Å². The molecule has 0 bridgehead atoms. The van der Waals surface area contributed by atoms with Gasteiger partial charge < -0.3 is 0 Å². The highest BCUT2D eigenvalue weighted by molar-refractivity contribution is 7.99. The summed E-state index contributed by atoms with van der Waals surface area (Å²) in [5.74, 6) is 4.64. The predicted octanol–water partition coefficient (Wildman–Crippen LogP) is 2.95. The highest BCUT2D eigenvalue weighted by Crippen LogP contribution is 2.32. The molecule has 2 aliphatic rings. The van der Waals surface area contributed by atoms with Crippen LogP contribution in [0.1, 0.15) is 31.3 Å². The Bertz CT molecular complexity index is 632. The molecule has 0 aliphatic carbocycles. The number of thioether (sulfide) groups is 1.